The van der Waals surface area contributed by atoms with E-state index in [0.29, 0.717) is 45.7 Å². The van der Waals surface area contributed by atoms with Crippen LogP contribution in [-0.2, 0) is 17.6 Å². The monoisotopic (exact) mass is 451 g/mol. The summed E-state index contributed by atoms with van der Waals surface area (Å²) in [5.74, 6) is 0.838. The van der Waals surface area contributed by atoms with Crippen molar-refractivity contribution in [3.63, 3.8) is 0 Å². The van der Waals surface area contributed by atoms with Crippen LogP contribution in [0.15, 0.2) is 39.5 Å². The molecule has 0 spiro atoms. The van der Waals surface area contributed by atoms with Crippen molar-refractivity contribution in [2.45, 2.75) is 58.7 Å². The fourth-order valence-electron chi connectivity index (χ4n) is 4.29. The molecule has 7 heteroatoms. The van der Waals surface area contributed by atoms with Crippen LogP contribution in [0.1, 0.15) is 55.5 Å². The van der Waals surface area contributed by atoms with Gasteiger partial charge in [0.05, 0.1) is 30.6 Å². The molecule has 1 aliphatic heterocycles. The Morgan fingerprint density at radius 2 is 2.06 bits per heavy atom. The second kappa shape index (κ2) is 8.56. The Balaban J connectivity index is 1.71. The van der Waals surface area contributed by atoms with E-state index in [-0.39, 0.29) is 23.5 Å². The molecule has 4 rings (SSSR count). The van der Waals surface area contributed by atoms with Crippen LogP contribution in [0, 0.1) is 6.92 Å². The predicted molar refractivity (Wildman–Crippen MR) is 126 cm³/mol. The van der Waals surface area contributed by atoms with Gasteiger partial charge in [-0.1, -0.05) is 12.1 Å². The maximum absolute atomic E-state index is 12.9. The fourth-order valence-corrected chi connectivity index (χ4v) is 4.29. The summed E-state index contributed by atoms with van der Waals surface area (Å²) >= 11 is 0. The van der Waals surface area contributed by atoms with Gasteiger partial charge >= 0.3 is 5.63 Å². The number of fused-ring (bicyclic) bond motifs is 3. The van der Waals surface area contributed by atoms with E-state index in [4.69, 9.17) is 13.9 Å². The zero-order valence-electron chi connectivity index (χ0n) is 19.6. The lowest BCUT2D eigenvalue weighted by atomic mass is 9.91. The number of ether oxygens (including phenoxy) is 2. The number of carbonyl (C=O) groups is 1. The Kier molecular flexibility index (Phi) is 5.93. The Morgan fingerprint density at radius 3 is 2.76 bits per heavy atom. The summed E-state index contributed by atoms with van der Waals surface area (Å²) in [4.78, 5) is 25.7. The summed E-state index contributed by atoms with van der Waals surface area (Å²) in [5, 5.41) is 13.2. The van der Waals surface area contributed by atoms with E-state index >= 15 is 0 Å². The van der Waals surface area contributed by atoms with E-state index in [0.717, 1.165) is 12.0 Å². The number of amides is 1. The van der Waals surface area contributed by atoms with Gasteiger partial charge in [-0.15, -0.1) is 0 Å². The number of aliphatic hydroxyl groups excluding tert-OH is 1. The normalized spacial score (nSPS) is 15.5. The van der Waals surface area contributed by atoms with Gasteiger partial charge in [0.25, 0.3) is 0 Å². The number of nitrogens with one attached hydrogen (secondary N) is 1. The summed E-state index contributed by atoms with van der Waals surface area (Å²) in [6, 6.07) is 8.80. The second-order valence-corrected chi connectivity index (χ2v) is 9.14. The van der Waals surface area contributed by atoms with Crippen molar-refractivity contribution >= 4 is 22.6 Å². The number of anilines is 1. The number of methoxy groups -OCH3 is 1. The van der Waals surface area contributed by atoms with Crippen molar-refractivity contribution in [2.75, 3.05) is 12.4 Å². The third-order valence-electron chi connectivity index (χ3n) is 6.15. The maximum Gasteiger partial charge on any atom is 0.340 e. The molecule has 3 aromatic rings. The van der Waals surface area contributed by atoms with E-state index in [1.807, 2.05) is 19.9 Å². The van der Waals surface area contributed by atoms with E-state index < -0.39 is 11.7 Å². The quantitative estimate of drug-likeness (QED) is 0.556. The Labute approximate surface area is 192 Å². The Bertz CT molecular complexity index is 1290. The van der Waals surface area contributed by atoms with Gasteiger partial charge < -0.3 is 24.3 Å². The lowest BCUT2D eigenvalue weighted by Crippen LogP contribution is -2.32. The average Bonchev–Trinajstić information content (AvgIpc) is 2.75. The first kappa shape index (κ1) is 22.9. The molecule has 1 amide bonds. The van der Waals surface area contributed by atoms with Gasteiger partial charge in [0.1, 0.15) is 22.7 Å². The molecule has 2 aromatic carbocycles. The van der Waals surface area contributed by atoms with Crippen LogP contribution < -0.4 is 20.4 Å². The fraction of sp³-hybridized carbons (Fsp3) is 0.385. The molecule has 33 heavy (non-hydrogen) atoms. The van der Waals surface area contributed by atoms with E-state index in [1.54, 1.807) is 45.2 Å². The predicted octanol–water partition coefficient (Wildman–Crippen LogP) is 4.45. The minimum atomic E-state index is -0.649. The van der Waals surface area contributed by atoms with Crippen molar-refractivity contribution in [2.24, 2.45) is 0 Å². The van der Waals surface area contributed by atoms with Gasteiger partial charge in [0, 0.05) is 17.3 Å². The van der Waals surface area contributed by atoms with Crippen molar-refractivity contribution in [3.8, 4) is 11.5 Å². The van der Waals surface area contributed by atoms with Gasteiger partial charge in [-0.05, 0) is 63.8 Å². The smallest absolute Gasteiger partial charge is 0.340 e. The molecule has 7 nitrogen and oxygen atoms in total. The molecule has 174 valence electrons. The van der Waals surface area contributed by atoms with Crippen molar-refractivity contribution in [1.29, 1.82) is 0 Å². The van der Waals surface area contributed by atoms with Crippen LogP contribution in [-0.4, -0.2) is 23.7 Å². The summed E-state index contributed by atoms with van der Waals surface area (Å²) < 4.78 is 17.5. The maximum atomic E-state index is 12.9. The summed E-state index contributed by atoms with van der Waals surface area (Å²) in [7, 11) is 1.56. The van der Waals surface area contributed by atoms with Crippen LogP contribution in [0.2, 0.25) is 0 Å². The standard InChI is InChI=1S/C26H29NO6/c1-14-19(12-22(29)27-17-8-6-7-16(11-17)15(2)28)25(30)32-24-18-9-10-26(3,4)33-20(18)13-21(31-5)23(14)24/h6-8,11,13,15,28H,9-10,12H2,1-5H3,(H,27,29)/t15-/m1/s1. The van der Waals surface area contributed by atoms with Gasteiger partial charge in [0.15, 0.2) is 0 Å². The van der Waals surface area contributed by atoms with Crippen molar-refractivity contribution in [1.82, 2.24) is 0 Å². The van der Waals surface area contributed by atoms with Crippen LogP contribution in [0.3, 0.4) is 0 Å². The molecule has 2 heterocycles. The lowest BCUT2D eigenvalue weighted by Gasteiger charge is -2.33. The van der Waals surface area contributed by atoms with Gasteiger partial charge in [-0.25, -0.2) is 4.79 Å². The molecule has 0 saturated carbocycles. The topological polar surface area (TPSA) is 98.0 Å². The third kappa shape index (κ3) is 4.46. The van der Waals surface area contributed by atoms with Crippen LogP contribution >= 0.6 is 0 Å². The van der Waals surface area contributed by atoms with Crippen molar-refractivity contribution < 1.29 is 23.8 Å². The first-order valence-electron chi connectivity index (χ1n) is 11.0. The van der Waals surface area contributed by atoms with Gasteiger partial charge in [-0.2, -0.15) is 0 Å². The van der Waals surface area contributed by atoms with Gasteiger partial charge in [-0.3, -0.25) is 4.79 Å². The number of benzene rings is 2. The molecule has 0 aliphatic carbocycles. The number of carbonyl (C=O) groups excluding carboxylic acids is 1. The van der Waals surface area contributed by atoms with E-state index in [2.05, 4.69) is 5.32 Å². The number of aliphatic hydroxyl groups is 1. The van der Waals surface area contributed by atoms with Gasteiger partial charge in [0.2, 0.25) is 5.91 Å². The molecule has 1 aromatic heterocycles. The highest BCUT2D eigenvalue weighted by atomic mass is 16.5. The molecular formula is C26H29NO6. The van der Waals surface area contributed by atoms with Crippen LogP contribution in [0.4, 0.5) is 5.69 Å². The lowest BCUT2D eigenvalue weighted by molar-refractivity contribution is -0.115. The average molecular weight is 452 g/mol. The third-order valence-corrected chi connectivity index (χ3v) is 6.15. The molecule has 0 fully saturated rings. The Morgan fingerprint density at radius 1 is 1.30 bits per heavy atom. The summed E-state index contributed by atoms with van der Waals surface area (Å²) in [6.45, 7) is 7.50. The SMILES string of the molecule is COc1cc2c(c3oc(=O)c(CC(=O)Nc4cccc([C@@H](C)O)c4)c(C)c13)CCC(C)(C)O2. The molecule has 0 radical (unpaired) electrons. The van der Waals surface area contributed by atoms with E-state index in [9.17, 15) is 14.7 Å². The number of rotatable bonds is 5. The van der Waals surface area contributed by atoms with Crippen LogP contribution in [0.25, 0.3) is 11.0 Å². The first-order valence-corrected chi connectivity index (χ1v) is 11.0. The second-order valence-electron chi connectivity index (χ2n) is 9.14. The summed E-state index contributed by atoms with van der Waals surface area (Å²) in [5.41, 5.74) is 2.60. The molecule has 0 bridgehead atoms. The highest BCUT2D eigenvalue weighted by molar-refractivity contribution is 5.95. The molecule has 0 saturated heterocycles. The molecule has 0 unspecified atom stereocenters. The van der Waals surface area contributed by atoms with Crippen molar-refractivity contribution in [3.05, 3.63) is 63.0 Å². The molecule has 1 aliphatic rings. The minimum absolute atomic E-state index is 0.146. The highest BCUT2D eigenvalue weighted by Crippen LogP contribution is 2.43. The van der Waals surface area contributed by atoms with Crippen LogP contribution in [0.5, 0.6) is 11.5 Å². The Hall–Kier alpha value is -3.32. The number of hydrogen-bond acceptors (Lipinski definition) is 6. The largest absolute Gasteiger partial charge is 0.496 e. The zero-order chi connectivity index (χ0) is 23.9. The number of aryl methyl sites for hydroxylation is 2. The zero-order valence-corrected chi connectivity index (χ0v) is 19.6. The summed E-state index contributed by atoms with van der Waals surface area (Å²) in [6.07, 6.45) is 0.710. The molecular weight excluding hydrogens is 422 g/mol. The number of hydrogen-bond donors (Lipinski definition) is 2. The van der Waals surface area contributed by atoms with E-state index in [1.165, 1.54) is 0 Å². The molecule has 2 N–H and O–H groups in total. The first-order chi connectivity index (χ1) is 15.6. The highest BCUT2D eigenvalue weighted by Gasteiger charge is 2.31. The molecule has 1 atom stereocenters. The minimum Gasteiger partial charge on any atom is -0.496 e.